The molecule has 0 fully saturated rings. The minimum absolute atomic E-state index is 0.265. The molecular formula is C15H34N2O. The van der Waals surface area contributed by atoms with E-state index in [0.29, 0.717) is 6.04 Å². The van der Waals surface area contributed by atoms with Gasteiger partial charge in [-0.05, 0) is 25.7 Å². The predicted molar refractivity (Wildman–Crippen MR) is 79.4 cm³/mol. The molecule has 0 aromatic rings. The van der Waals surface area contributed by atoms with E-state index in [-0.39, 0.29) is 6.10 Å². The molecule has 0 aromatic heterocycles. The summed E-state index contributed by atoms with van der Waals surface area (Å²) in [7, 11) is 0. The minimum atomic E-state index is 0.265. The van der Waals surface area contributed by atoms with E-state index in [0.717, 1.165) is 31.8 Å². The van der Waals surface area contributed by atoms with Crippen molar-refractivity contribution in [3.8, 4) is 0 Å². The van der Waals surface area contributed by atoms with Gasteiger partial charge in [0.05, 0.1) is 6.10 Å². The fourth-order valence-corrected chi connectivity index (χ4v) is 2.57. The van der Waals surface area contributed by atoms with E-state index < -0.39 is 0 Å². The van der Waals surface area contributed by atoms with Crippen LogP contribution in [0.1, 0.15) is 72.6 Å². The first kappa shape index (κ1) is 17.9. The molecule has 0 aliphatic carbocycles. The summed E-state index contributed by atoms with van der Waals surface area (Å²) in [5.41, 5.74) is 2.99. The maximum absolute atomic E-state index is 5.84. The van der Waals surface area contributed by atoms with E-state index in [1.807, 2.05) is 0 Å². The summed E-state index contributed by atoms with van der Waals surface area (Å²) in [5, 5.41) is 0. The van der Waals surface area contributed by atoms with Crippen LogP contribution in [0.25, 0.3) is 0 Å². The summed E-state index contributed by atoms with van der Waals surface area (Å²) >= 11 is 0. The Kier molecular flexibility index (Phi) is 11.9. The first-order chi connectivity index (χ1) is 8.73. The van der Waals surface area contributed by atoms with Gasteiger partial charge in [0.2, 0.25) is 0 Å². The molecule has 0 aliphatic heterocycles. The topological polar surface area (TPSA) is 47.3 Å². The molecule has 0 saturated carbocycles. The van der Waals surface area contributed by atoms with Gasteiger partial charge in [0, 0.05) is 12.6 Å². The fraction of sp³-hybridized carbons (Fsp3) is 1.00. The zero-order valence-corrected chi connectivity index (χ0v) is 12.9. The molecule has 3 unspecified atom stereocenters. The van der Waals surface area contributed by atoms with Gasteiger partial charge in [0.15, 0.2) is 0 Å². The van der Waals surface area contributed by atoms with E-state index in [1.54, 1.807) is 0 Å². The number of rotatable bonds is 12. The lowest BCUT2D eigenvalue weighted by Gasteiger charge is -2.29. The van der Waals surface area contributed by atoms with Crippen LogP contribution in [0.15, 0.2) is 0 Å². The molecule has 3 nitrogen and oxygen atoms in total. The average Bonchev–Trinajstić information content (AvgIpc) is 2.39. The quantitative estimate of drug-likeness (QED) is 0.415. The highest BCUT2D eigenvalue weighted by molar-refractivity contribution is 4.78. The van der Waals surface area contributed by atoms with Crippen LogP contribution in [0, 0.1) is 5.92 Å². The Morgan fingerprint density at radius 3 is 2.22 bits per heavy atom. The van der Waals surface area contributed by atoms with Gasteiger partial charge in [-0.1, -0.05) is 52.9 Å². The number of unbranched alkanes of at least 4 members (excludes halogenated alkanes) is 1. The Morgan fingerprint density at radius 1 is 1.06 bits per heavy atom. The molecule has 0 heterocycles. The Hall–Kier alpha value is -0.120. The van der Waals surface area contributed by atoms with E-state index >= 15 is 0 Å². The molecule has 0 aliphatic rings. The van der Waals surface area contributed by atoms with Gasteiger partial charge in [-0.25, -0.2) is 0 Å². The second-order valence-electron chi connectivity index (χ2n) is 5.21. The Labute approximate surface area is 114 Å². The van der Waals surface area contributed by atoms with Gasteiger partial charge in [-0.2, -0.15) is 0 Å². The van der Waals surface area contributed by atoms with Crippen LogP contribution in [0.2, 0.25) is 0 Å². The van der Waals surface area contributed by atoms with Gasteiger partial charge in [0.25, 0.3) is 0 Å². The average molecular weight is 258 g/mol. The third-order valence-corrected chi connectivity index (χ3v) is 3.75. The summed E-state index contributed by atoms with van der Waals surface area (Å²) in [4.78, 5) is 0. The Bertz CT molecular complexity index is 170. The van der Waals surface area contributed by atoms with Crippen molar-refractivity contribution in [1.82, 2.24) is 5.43 Å². The molecule has 3 heteroatoms. The molecule has 0 rings (SSSR count). The number of hydrazine groups is 1. The first-order valence-electron chi connectivity index (χ1n) is 7.80. The van der Waals surface area contributed by atoms with Crippen molar-refractivity contribution in [2.24, 2.45) is 11.8 Å². The van der Waals surface area contributed by atoms with Crippen molar-refractivity contribution in [1.29, 1.82) is 0 Å². The van der Waals surface area contributed by atoms with Crippen molar-refractivity contribution in [3.63, 3.8) is 0 Å². The number of hydrogen-bond donors (Lipinski definition) is 2. The highest BCUT2D eigenvalue weighted by Gasteiger charge is 2.23. The van der Waals surface area contributed by atoms with E-state index in [9.17, 15) is 0 Å². The molecule has 3 N–H and O–H groups in total. The molecule has 0 amide bonds. The molecule has 0 bridgehead atoms. The number of nitrogens with one attached hydrogen (secondary N) is 1. The lowest BCUT2D eigenvalue weighted by Crippen LogP contribution is -2.46. The summed E-state index contributed by atoms with van der Waals surface area (Å²) < 4.78 is 5.84. The Balaban J connectivity index is 4.32. The van der Waals surface area contributed by atoms with Crippen LogP contribution >= 0.6 is 0 Å². The van der Waals surface area contributed by atoms with Gasteiger partial charge >= 0.3 is 0 Å². The lowest BCUT2D eigenvalue weighted by molar-refractivity contribution is 0.0209. The summed E-state index contributed by atoms with van der Waals surface area (Å²) in [6.07, 6.45) is 8.79. The third-order valence-electron chi connectivity index (χ3n) is 3.75. The van der Waals surface area contributed by atoms with Crippen LogP contribution in [-0.4, -0.2) is 18.8 Å². The molecule has 0 saturated heterocycles. The smallest absolute Gasteiger partial charge is 0.0741 e. The second-order valence-corrected chi connectivity index (χ2v) is 5.21. The van der Waals surface area contributed by atoms with Gasteiger partial charge < -0.3 is 4.74 Å². The molecule has 0 aromatic carbocycles. The molecule has 0 spiro atoms. The highest BCUT2D eigenvalue weighted by atomic mass is 16.5. The normalized spacial score (nSPS) is 16.5. The summed E-state index contributed by atoms with van der Waals surface area (Å²) in [6, 6.07) is 0.298. The largest absolute Gasteiger partial charge is 0.377 e. The van der Waals surface area contributed by atoms with Crippen LogP contribution in [-0.2, 0) is 4.74 Å². The van der Waals surface area contributed by atoms with E-state index in [1.165, 1.54) is 25.7 Å². The van der Waals surface area contributed by atoms with Gasteiger partial charge in [0.1, 0.15) is 0 Å². The third kappa shape index (κ3) is 7.34. The predicted octanol–water partition coefficient (Wildman–Crippen LogP) is 3.63. The molecule has 110 valence electrons. The molecule has 3 atom stereocenters. The SMILES string of the molecule is CCCCC(CC)CC(NN)C(CCC)OCC. The number of nitrogens with two attached hydrogens (primary N) is 1. The monoisotopic (exact) mass is 258 g/mol. The van der Waals surface area contributed by atoms with Gasteiger partial charge in [-0.3, -0.25) is 11.3 Å². The van der Waals surface area contributed by atoms with Crippen LogP contribution < -0.4 is 11.3 Å². The van der Waals surface area contributed by atoms with Crippen LogP contribution in [0.4, 0.5) is 0 Å². The highest BCUT2D eigenvalue weighted by Crippen LogP contribution is 2.22. The van der Waals surface area contributed by atoms with Crippen LogP contribution in [0.3, 0.4) is 0 Å². The zero-order valence-electron chi connectivity index (χ0n) is 12.9. The van der Waals surface area contributed by atoms with Crippen molar-refractivity contribution >= 4 is 0 Å². The van der Waals surface area contributed by atoms with E-state index in [2.05, 4.69) is 33.1 Å². The summed E-state index contributed by atoms with van der Waals surface area (Å²) in [6.45, 7) is 9.57. The van der Waals surface area contributed by atoms with Crippen molar-refractivity contribution in [3.05, 3.63) is 0 Å². The minimum Gasteiger partial charge on any atom is -0.377 e. The second kappa shape index (κ2) is 11.9. The van der Waals surface area contributed by atoms with Gasteiger partial charge in [-0.15, -0.1) is 0 Å². The Morgan fingerprint density at radius 2 is 1.78 bits per heavy atom. The summed E-state index contributed by atoms with van der Waals surface area (Å²) in [5.74, 6) is 6.51. The molecular weight excluding hydrogens is 224 g/mol. The number of hydrogen-bond acceptors (Lipinski definition) is 3. The maximum atomic E-state index is 5.84. The fourth-order valence-electron chi connectivity index (χ4n) is 2.57. The molecule has 0 radical (unpaired) electrons. The van der Waals surface area contributed by atoms with Crippen LogP contribution in [0.5, 0.6) is 0 Å². The van der Waals surface area contributed by atoms with Crippen molar-refractivity contribution in [2.75, 3.05) is 6.61 Å². The molecule has 18 heavy (non-hydrogen) atoms. The maximum Gasteiger partial charge on any atom is 0.0741 e. The van der Waals surface area contributed by atoms with Crippen molar-refractivity contribution in [2.45, 2.75) is 84.8 Å². The van der Waals surface area contributed by atoms with Crippen molar-refractivity contribution < 1.29 is 4.74 Å². The standard InChI is InChI=1S/C15H34N2O/c1-5-9-11-13(7-3)12-14(17-16)15(10-6-2)18-8-4/h13-15,17H,5-12,16H2,1-4H3. The zero-order chi connectivity index (χ0) is 13.8. The lowest BCUT2D eigenvalue weighted by atomic mass is 9.89. The first-order valence-corrected chi connectivity index (χ1v) is 7.80. The number of ether oxygens (including phenoxy) is 1. The van der Waals surface area contributed by atoms with E-state index in [4.69, 9.17) is 10.6 Å².